The van der Waals surface area contributed by atoms with E-state index in [1.54, 1.807) is 6.92 Å². The van der Waals surface area contributed by atoms with Crippen molar-refractivity contribution in [3.05, 3.63) is 68.8 Å². The molecule has 3 aromatic rings. The van der Waals surface area contributed by atoms with E-state index < -0.39 is 17.4 Å². The van der Waals surface area contributed by atoms with Crippen molar-refractivity contribution in [2.75, 3.05) is 0 Å². The first kappa shape index (κ1) is 15.9. The SMILES string of the molecule is Cc1[nH]c2c(C3CC3)c(C(F)(F)F)nn2c(=O)c1Cc1ccccc1. The molecule has 2 aromatic heterocycles. The molecule has 25 heavy (non-hydrogen) atoms. The second-order valence-electron chi connectivity index (χ2n) is 6.49. The molecule has 0 bridgehead atoms. The fourth-order valence-corrected chi connectivity index (χ4v) is 3.21. The van der Waals surface area contributed by atoms with Crippen LogP contribution in [0.1, 0.15) is 46.8 Å². The van der Waals surface area contributed by atoms with E-state index in [0.717, 1.165) is 10.1 Å². The van der Waals surface area contributed by atoms with Crippen LogP contribution in [-0.2, 0) is 12.6 Å². The van der Waals surface area contributed by atoms with Gasteiger partial charge in [-0.05, 0) is 31.2 Å². The van der Waals surface area contributed by atoms with Crippen molar-refractivity contribution < 1.29 is 13.2 Å². The van der Waals surface area contributed by atoms with Gasteiger partial charge in [0, 0.05) is 23.2 Å². The van der Waals surface area contributed by atoms with E-state index in [-0.39, 0.29) is 17.1 Å². The normalized spacial score (nSPS) is 15.0. The number of nitrogens with one attached hydrogen (secondary N) is 1. The van der Waals surface area contributed by atoms with E-state index in [2.05, 4.69) is 10.1 Å². The maximum atomic E-state index is 13.4. The van der Waals surface area contributed by atoms with Crippen LogP contribution in [0.5, 0.6) is 0 Å². The maximum absolute atomic E-state index is 13.4. The molecule has 1 aromatic carbocycles. The molecule has 0 atom stereocenters. The number of halogens is 3. The Bertz CT molecular complexity index is 998. The number of aryl methyl sites for hydroxylation is 1. The molecule has 1 saturated carbocycles. The van der Waals surface area contributed by atoms with Gasteiger partial charge in [-0.1, -0.05) is 30.3 Å². The molecule has 4 rings (SSSR count). The third kappa shape index (κ3) is 2.73. The van der Waals surface area contributed by atoms with Gasteiger partial charge in [-0.15, -0.1) is 0 Å². The minimum absolute atomic E-state index is 0.124. The fraction of sp³-hybridized carbons (Fsp3) is 0.333. The van der Waals surface area contributed by atoms with Gasteiger partial charge in [-0.3, -0.25) is 4.79 Å². The number of benzene rings is 1. The quantitative estimate of drug-likeness (QED) is 0.783. The predicted molar refractivity (Wildman–Crippen MR) is 86.8 cm³/mol. The van der Waals surface area contributed by atoms with E-state index in [1.165, 1.54) is 0 Å². The summed E-state index contributed by atoms with van der Waals surface area (Å²) >= 11 is 0. The van der Waals surface area contributed by atoms with E-state index in [4.69, 9.17) is 0 Å². The minimum atomic E-state index is -4.57. The Balaban J connectivity index is 1.92. The largest absolute Gasteiger partial charge is 0.435 e. The highest BCUT2D eigenvalue weighted by atomic mass is 19.4. The Morgan fingerprint density at radius 2 is 1.92 bits per heavy atom. The van der Waals surface area contributed by atoms with Crippen molar-refractivity contribution >= 4 is 5.65 Å². The number of rotatable bonds is 3. The Labute approximate surface area is 141 Å². The van der Waals surface area contributed by atoms with Crippen molar-refractivity contribution in [2.24, 2.45) is 0 Å². The average Bonchev–Trinajstić information content (AvgIpc) is 3.32. The lowest BCUT2D eigenvalue weighted by atomic mass is 10.0. The molecule has 0 aliphatic heterocycles. The molecule has 0 unspecified atom stereocenters. The molecule has 0 spiro atoms. The number of nitrogens with zero attached hydrogens (tertiary/aromatic N) is 2. The first-order chi connectivity index (χ1) is 11.9. The van der Waals surface area contributed by atoms with Gasteiger partial charge >= 0.3 is 6.18 Å². The van der Waals surface area contributed by atoms with Gasteiger partial charge < -0.3 is 4.98 Å². The summed E-state index contributed by atoms with van der Waals surface area (Å²) in [6.07, 6.45) is -2.84. The molecule has 1 aliphatic carbocycles. The Kier molecular flexibility index (Phi) is 3.49. The third-order valence-corrected chi connectivity index (χ3v) is 4.61. The topological polar surface area (TPSA) is 50.2 Å². The monoisotopic (exact) mass is 347 g/mol. The minimum Gasteiger partial charge on any atom is -0.343 e. The predicted octanol–water partition coefficient (Wildman–Crippen LogP) is 3.82. The number of hydrogen-bond acceptors (Lipinski definition) is 2. The Morgan fingerprint density at radius 3 is 2.52 bits per heavy atom. The van der Waals surface area contributed by atoms with Crippen molar-refractivity contribution in [2.45, 2.75) is 38.3 Å². The van der Waals surface area contributed by atoms with Crippen LogP contribution in [0.25, 0.3) is 5.65 Å². The molecule has 0 amide bonds. The van der Waals surface area contributed by atoms with Crippen LogP contribution in [-0.4, -0.2) is 14.6 Å². The van der Waals surface area contributed by atoms with Gasteiger partial charge in [-0.25, -0.2) is 0 Å². The standard InChI is InChI=1S/C18H16F3N3O/c1-10-13(9-11-5-3-2-4-6-11)17(25)24-16(22-10)14(12-7-8-12)15(23-24)18(19,20)21/h2-6,12,22H,7-9H2,1H3. The summed E-state index contributed by atoms with van der Waals surface area (Å²) in [5.41, 5.74) is 0.787. The zero-order chi connectivity index (χ0) is 17.8. The van der Waals surface area contributed by atoms with Crippen molar-refractivity contribution in [3.8, 4) is 0 Å². The first-order valence-corrected chi connectivity index (χ1v) is 8.11. The molecule has 0 saturated heterocycles. The second kappa shape index (κ2) is 5.47. The third-order valence-electron chi connectivity index (χ3n) is 4.61. The van der Waals surface area contributed by atoms with Crippen molar-refractivity contribution in [1.82, 2.24) is 14.6 Å². The van der Waals surface area contributed by atoms with Gasteiger partial charge in [0.2, 0.25) is 0 Å². The summed E-state index contributed by atoms with van der Waals surface area (Å²) in [5, 5.41) is 3.64. The van der Waals surface area contributed by atoms with Gasteiger partial charge in [0.1, 0.15) is 5.65 Å². The molecule has 4 nitrogen and oxygen atoms in total. The number of aromatic amines is 1. The van der Waals surface area contributed by atoms with Crippen LogP contribution in [0.3, 0.4) is 0 Å². The molecule has 0 radical (unpaired) electrons. The second-order valence-corrected chi connectivity index (χ2v) is 6.49. The van der Waals surface area contributed by atoms with E-state index in [0.29, 0.717) is 30.5 Å². The molecular weight excluding hydrogens is 331 g/mol. The Hall–Kier alpha value is -2.57. The summed E-state index contributed by atoms with van der Waals surface area (Å²) in [6.45, 7) is 1.72. The van der Waals surface area contributed by atoms with E-state index in [9.17, 15) is 18.0 Å². The zero-order valence-corrected chi connectivity index (χ0v) is 13.5. The smallest absolute Gasteiger partial charge is 0.343 e. The van der Waals surface area contributed by atoms with Crippen molar-refractivity contribution in [1.29, 1.82) is 0 Å². The van der Waals surface area contributed by atoms with Crippen LogP contribution in [0.15, 0.2) is 35.1 Å². The van der Waals surface area contributed by atoms with Gasteiger partial charge in [0.15, 0.2) is 5.69 Å². The highest BCUT2D eigenvalue weighted by Crippen LogP contribution is 2.46. The van der Waals surface area contributed by atoms with E-state index in [1.807, 2.05) is 30.3 Å². The lowest BCUT2D eigenvalue weighted by Crippen LogP contribution is -2.22. The summed E-state index contributed by atoms with van der Waals surface area (Å²) in [6, 6.07) is 9.34. The van der Waals surface area contributed by atoms with Crippen LogP contribution in [0.4, 0.5) is 13.2 Å². The average molecular weight is 347 g/mol. The summed E-state index contributed by atoms with van der Waals surface area (Å²) in [7, 11) is 0. The lowest BCUT2D eigenvalue weighted by Gasteiger charge is -2.08. The molecule has 130 valence electrons. The lowest BCUT2D eigenvalue weighted by molar-refractivity contribution is -0.141. The molecule has 7 heteroatoms. The van der Waals surface area contributed by atoms with Gasteiger partial charge in [-0.2, -0.15) is 22.8 Å². The number of alkyl halides is 3. The number of H-pyrrole nitrogens is 1. The summed E-state index contributed by atoms with van der Waals surface area (Å²) < 4.78 is 41.0. The van der Waals surface area contributed by atoms with Crippen LogP contribution in [0, 0.1) is 6.92 Å². The number of hydrogen-bond donors (Lipinski definition) is 1. The maximum Gasteiger partial charge on any atom is 0.435 e. The van der Waals surface area contributed by atoms with Crippen LogP contribution < -0.4 is 5.56 Å². The van der Waals surface area contributed by atoms with Gasteiger partial charge in [0.25, 0.3) is 5.56 Å². The van der Waals surface area contributed by atoms with Crippen molar-refractivity contribution in [3.63, 3.8) is 0 Å². The van der Waals surface area contributed by atoms with Gasteiger partial charge in [0.05, 0.1) is 0 Å². The molecule has 1 N–H and O–H groups in total. The zero-order valence-electron chi connectivity index (χ0n) is 13.5. The molecule has 1 aliphatic rings. The van der Waals surface area contributed by atoms with Crippen LogP contribution in [0.2, 0.25) is 0 Å². The Morgan fingerprint density at radius 1 is 1.24 bits per heavy atom. The fourth-order valence-electron chi connectivity index (χ4n) is 3.21. The first-order valence-electron chi connectivity index (χ1n) is 8.11. The summed E-state index contributed by atoms with van der Waals surface area (Å²) in [4.78, 5) is 15.8. The number of aromatic nitrogens is 3. The number of fused-ring (bicyclic) bond motifs is 1. The molecule has 1 fully saturated rings. The molecular formula is C18H16F3N3O. The molecule has 2 heterocycles. The van der Waals surface area contributed by atoms with E-state index >= 15 is 0 Å². The summed E-state index contributed by atoms with van der Waals surface area (Å²) in [5.74, 6) is -0.177. The highest BCUT2D eigenvalue weighted by molar-refractivity contribution is 5.55. The highest BCUT2D eigenvalue weighted by Gasteiger charge is 2.43. The van der Waals surface area contributed by atoms with Crippen LogP contribution >= 0.6 is 0 Å².